The van der Waals surface area contributed by atoms with Gasteiger partial charge in [-0.1, -0.05) is 0 Å². The standard InChI is InChI=1S/C12H18N2O2/c1-8(7-12(15)16)14-9(2)13-10-5-3-4-6-11(10)14/h8H,3-7H2,1-2H3,(H,15,16). The van der Waals surface area contributed by atoms with Crippen molar-refractivity contribution < 1.29 is 9.90 Å². The Morgan fingerprint density at radius 3 is 2.88 bits per heavy atom. The van der Waals surface area contributed by atoms with Crippen molar-refractivity contribution in [3.63, 3.8) is 0 Å². The molecule has 0 fully saturated rings. The number of aromatic nitrogens is 2. The number of rotatable bonds is 3. The van der Waals surface area contributed by atoms with Crippen LogP contribution < -0.4 is 0 Å². The highest BCUT2D eigenvalue weighted by atomic mass is 16.4. The number of hydrogen-bond acceptors (Lipinski definition) is 2. The molecular formula is C12H18N2O2. The molecule has 16 heavy (non-hydrogen) atoms. The number of aryl methyl sites for hydroxylation is 2. The molecule has 2 rings (SSSR count). The van der Waals surface area contributed by atoms with Crippen molar-refractivity contribution in [1.82, 2.24) is 9.55 Å². The lowest BCUT2D eigenvalue weighted by Crippen LogP contribution is -2.16. The lowest BCUT2D eigenvalue weighted by Gasteiger charge is -2.19. The van der Waals surface area contributed by atoms with E-state index in [-0.39, 0.29) is 12.5 Å². The number of nitrogens with zero attached hydrogens (tertiary/aromatic N) is 2. The van der Waals surface area contributed by atoms with Crippen molar-refractivity contribution in [2.24, 2.45) is 0 Å². The molecule has 1 unspecified atom stereocenters. The van der Waals surface area contributed by atoms with Gasteiger partial charge in [0.2, 0.25) is 0 Å². The minimum atomic E-state index is -0.745. The van der Waals surface area contributed by atoms with Crippen LogP contribution >= 0.6 is 0 Å². The van der Waals surface area contributed by atoms with E-state index < -0.39 is 5.97 Å². The van der Waals surface area contributed by atoms with E-state index in [1.165, 1.54) is 24.2 Å². The van der Waals surface area contributed by atoms with Gasteiger partial charge < -0.3 is 9.67 Å². The van der Waals surface area contributed by atoms with Crippen molar-refractivity contribution in [2.75, 3.05) is 0 Å². The van der Waals surface area contributed by atoms with Crippen molar-refractivity contribution in [2.45, 2.75) is 52.0 Å². The fourth-order valence-corrected chi connectivity index (χ4v) is 2.63. The number of carboxylic acid groups (broad SMARTS) is 1. The third kappa shape index (κ3) is 1.96. The van der Waals surface area contributed by atoms with Gasteiger partial charge in [-0.05, 0) is 39.5 Å². The number of fused-ring (bicyclic) bond motifs is 1. The quantitative estimate of drug-likeness (QED) is 0.852. The minimum Gasteiger partial charge on any atom is -0.481 e. The summed E-state index contributed by atoms with van der Waals surface area (Å²) < 4.78 is 2.11. The van der Waals surface area contributed by atoms with Gasteiger partial charge in [-0.25, -0.2) is 4.98 Å². The Morgan fingerprint density at radius 1 is 1.50 bits per heavy atom. The van der Waals surface area contributed by atoms with Crippen molar-refractivity contribution in [3.8, 4) is 0 Å². The Kier molecular flexibility index (Phi) is 2.99. The number of carboxylic acids is 1. The summed E-state index contributed by atoms with van der Waals surface area (Å²) in [5.41, 5.74) is 2.44. The van der Waals surface area contributed by atoms with Crippen LogP contribution in [0.1, 0.15) is 49.4 Å². The van der Waals surface area contributed by atoms with Crippen LogP contribution in [0.5, 0.6) is 0 Å². The second-order valence-corrected chi connectivity index (χ2v) is 4.58. The first kappa shape index (κ1) is 11.2. The van der Waals surface area contributed by atoms with Gasteiger partial charge in [0.1, 0.15) is 5.82 Å². The third-order valence-electron chi connectivity index (χ3n) is 3.26. The summed E-state index contributed by atoms with van der Waals surface area (Å²) in [5, 5.41) is 8.84. The van der Waals surface area contributed by atoms with Gasteiger partial charge in [-0.15, -0.1) is 0 Å². The fraction of sp³-hybridized carbons (Fsp3) is 0.667. The lowest BCUT2D eigenvalue weighted by molar-refractivity contribution is -0.137. The van der Waals surface area contributed by atoms with Crippen LogP contribution in [0.4, 0.5) is 0 Å². The molecule has 0 amide bonds. The first-order valence-corrected chi connectivity index (χ1v) is 5.88. The van der Waals surface area contributed by atoms with Gasteiger partial charge in [0, 0.05) is 11.7 Å². The van der Waals surface area contributed by atoms with E-state index in [2.05, 4.69) is 9.55 Å². The van der Waals surface area contributed by atoms with Crippen LogP contribution in [0.2, 0.25) is 0 Å². The van der Waals surface area contributed by atoms with Gasteiger partial charge >= 0.3 is 5.97 Å². The molecule has 1 heterocycles. The molecule has 0 radical (unpaired) electrons. The third-order valence-corrected chi connectivity index (χ3v) is 3.26. The number of aliphatic carboxylic acids is 1. The van der Waals surface area contributed by atoms with Crippen LogP contribution in [-0.2, 0) is 17.6 Å². The van der Waals surface area contributed by atoms with Crippen molar-refractivity contribution >= 4 is 5.97 Å². The molecule has 0 saturated heterocycles. The summed E-state index contributed by atoms with van der Waals surface area (Å²) >= 11 is 0. The Hall–Kier alpha value is -1.32. The van der Waals surface area contributed by atoms with Gasteiger partial charge in [0.05, 0.1) is 12.1 Å². The van der Waals surface area contributed by atoms with Crippen molar-refractivity contribution in [1.29, 1.82) is 0 Å². The van der Waals surface area contributed by atoms with Gasteiger partial charge in [-0.2, -0.15) is 0 Å². The highest BCUT2D eigenvalue weighted by Crippen LogP contribution is 2.26. The second kappa shape index (κ2) is 4.28. The monoisotopic (exact) mass is 222 g/mol. The number of hydrogen-bond donors (Lipinski definition) is 1. The van der Waals surface area contributed by atoms with Crippen LogP contribution in [0.3, 0.4) is 0 Å². The molecule has 0 aliphatic heterocycles. The van der Waals surface area contributed by atoms with Gasteiger partial charge in [0.15, 0.2) is 0 Å². The molecule has 1 aromatic heterocycles. The van der Waals surface area contributed by atoms with Gasteiger partial charge in [-0.3, -0.25) is 4.79 Å². The Balaban J connectivity index is 2.32. The molecule has 4 nitrogen and oxygen atoms in total. The van der Waals surface area contributed by atoms with Crippen LogP contribution in [-0.4, -0.2) is 20.6 Å². The first-order chi connectivity index (χ1) is 7.59. The molecule has 1 aromatic rings. The predicted octanol–water partition coefficient (Wildman–Crippen LogP) is 2.11. The van der Waals surface area contributed by atoms with E-state index in [1.54, 1.807) is 0 Å². The Labute approximate surface area is 95.3 Å². The number of imidazole rings is 1. The molecule has 0 bridgehead atoms. The zero-order valence-electron chi connectivity index (χ0n) is 9.86. The molecular weight excluding hydrogens is 204 g/mol. The highest BCUT2D eigenvalue weighted by Gasteiger charge is 2.22. The highest BCUT2D eigenvalue weighted by molar-refractivity contribution is 5.67. The summed E-state index contributed by atoms with van der Waals surface area (Å²) in [6.45, 7) is 3.92. The molecule has 1 aliphatic carbocycles. The Bertz CT molecular complexity index is 409. The second-order valence-electron chi connectivity index (χ2n) is 4.58. The molecule has 88 valence electrons. The number of carbonyl (C=O) groups is 1. The van der Waals surface area contributed by atoms with Crippen LogP contribution in [0.25, 0.3) is 0 Å². The lowest BCUT2D eigenvalue weighted by atomic mass is 10.0. The maximum atomic E-state index is 10.8. The van der Waals surface area contributed by atoms with E-state index in [0.717, 1.165) is 18.7 Å². The van der Waals surface area contributed by atoms with E-state index >= 15 is 0 Å². The molecule has 1 N–H and O–H groups in total. The zero-order chi connectivity index (χ0) is 11.7. The smallest absolute Gasteiger partial charge is 0.305 e. The summed E-state index contributed by atoms with van der Waals surface area (Å²) in [7, 11) is 0. The normalized spacial score (nSPS) is 16.9. The maximum absolute atomic E-state index is 10.8. The average Bonchev–Trinajstić information content (AvgIpc) is 2.52. The Morgan fingerprint density at radius 2 is 2.19 bits per heavy atom. The molecule has 0 spiro atoms. The van der Waals surface area contributed by atoms with E-state index in [4.69, 9.17) is 5.11 Å². The summed E-state index contributed by atoms with van der Waals surface area (Å²) in [6, 6.07) is 0.00634. The summed E-state index contributed by atoms with van der Waals surface area (Å²) in [6.07, 6.45) is 4.65. The molecule has 1 atom stereocenters. The molecule has 4 heteroatoms. The topological polar surface area (TPSA) is 55.1 Å². The molecule has 0 aromatic carbocycles. The predicted molar refractivity (Wildman–Crippen MR) is 60.6 cm³/mol. The van der Waals surface area contributed by atoms with Crippen LogP contribution in [0.15, 0.2) is 0 Å². The van der Waals surface area contributed by atoms with Crippen LogP contribution in [0, 0.1) is 6.92 Å². The maximum Gasteiger partial charge on any atom is 0.305 e. The summed E-state index contributed by atoms with van der Waals surface area (Å²) in [4.78, 5) is 15.3. The largest absolute Gasteiger partial charge is 0.481 e. The molecule has 0 saturated carbocycles. The minimum absolute atomic E-state index is 0.00634. The van der Waals surface area contributed by atoms with Gasteiger partial charge in [0.25, 0.3) is 0 Å². The van der Waals surface area contributed by atoms with Crippen molar-refractivity contribution in [3.05, 3.63) is 17.2 Å². The van der Waals surface area contributed by atoms with E-state index in [9.17, 15) is 4.79 Å². The molecule has 1 aliphatic rings. The SMILES string of the molecule is Cc1nc2c(n1C(C)CC(=O)O)CCCC2. The average molecular weight is 222 g/mol. The van der Waals surface area contributed by atoms with E-state index in [0.29, 0.717) is 0 Å². The summed E-state index contributed by atoms with van der Waals surface area (Å²) in [5.74, 6) is 0.214. The first-order valence-electron chi connectivity index (χ1n) is 5.88. The zero-order valence-corrected chi connectivity index (χ0v) is 9.86. The fourth-order valence-electron chi connectivity index (χ4n) is 2.63. The van der Waals surface area contributed by atoms with E-state index in [1.807, 2.05) is 13.8 Å².